The van der Waals surface area contributed by atoms with Crippen LogP contribution in [0.15, 0.2) is 35.2 Å². The van der Waals surface area contributed by atoms with Crippen molar-refractivity contribution in [3.05, 3.63) is 57.6 Å². The molecule has 1 amide bonds. The summed E-state index contributed by atoms with van der Waals surface area (Å²) in [6, 6.07) is 8.25. The Labute approximate surface area is 171 Å². The first-order valence-electron chi connectivity index (χ1n) is 9.28. The number of carbonyl (C=O) groups is 1. The quantitative estimate of drug-likeness (QED) is 0.798. The second kappa shape index (κ2) is 7.85. The van der Waals surface area contributed by atoms with Gasteiger partial charge in [-0.05, 0) is 69.4 Å². The SMILES string of the molecule is Cc1cc(C)c(S(=O)(=O)N2CCCC2C(=O)Nc2ccc(C)c(Cl)c2)c(C)c1. The average Bonchev–Trinajstić information content (AvgIpc) is 3.07. The van der Waals surface area contributed by atoms with Crippen LogP contribution in [0.5, 0.6) is 0 Å². The van der Waals surface area contributed by atoms with Crippen molar-refractivity contribution in [2.75, 3.05) is 11.9 Å². The maximum Gasteiger partial charge on any atom is 0.244 e. The zero-order valence-electron chi connectivity index (χ0n) is 16.5. The summed E-state index contributed by atoms with van der Waals surface area (Å²) in [5.74, 6) is -0.330. The highest BCUT2D eigenvalue weighted by Crippen LogP contribution is 2.31. The first-order chi connectivity index (χ1) is 13.1. The van der Waals surface area contributed by atoms with Crippen molar-refractivity contribution < 1.29 is 13.2 Å². The number of halogens is 1. The van der Waals surface area contributed by atoms with Crippen LogP contribution >= 0.6 is 11.6 Å². The molecule has 1 N–H and O–H groups in total. The van der Waals surface area contributed by atoms with Gasteiger partial charge in [0.2, 0.25) is 15.9 Å². The number of anilines is 1. The van der Waals surface area contributed by atoms with E-state index in [9.17, 15) is 13.2 Å². The molecule has 0 aromatic heterocycles. The fourth-order valence-electron chi connectivity index (χ4n) is 3.88. The highest BCUT2D eigenvalue weighted by atomic mass is 35.5. The number of hydrogen-bond acceptors (Lipinski definition) is 3. The maximum atomic E-state index is 13.4. The summed E-state index contributed by atoms with van der Waals surface area (Å²) in [6.45, 7) is 7.75. The fourth-order valence-corrected chi connectivity index (χ4v) is 6.13. The highest BCUT2D eigenvalue weighted by Gasteiger charge is 2.40. The topological polar surface area (TPSA) is 66.5 Å². The molecule has 28 heavy (non-hydrogen) atoms. The number of nitrogens with one attached hydrogen (secondary N) is 1. The van der Waals surface area contributed by atoms with E-state index in [-0.39, 0.29) is 5.91 Å². The molecular weight excluding hydrogens is 396 g/mol. The molecule has 2 aromatic carbocycles. The van der Waals surface area contributed by atoms with E-state index in [1.54, 1.807) is 26.0 Å². The number of rotatable bonds is 4. The highest BCUT2D eigenvalue weighted by molar-refractivity contribution is 7.89. The second-order valence-electron chi connectivity index (χ2n) is 7.45. The number of sulfonamides is 1. The van der Waals surface area contributed by atoms with E-state index in [1.807, 2.05) is 32.0 Å². The van der Waals surface area contributed by atoms with E-state index >= 15 is 0 Å². The molecular formula is C21H25ClN2O3S. The van der Waals surface area contributed by atoms with Gasteiger partial charge in [-0.3, -0.25) is 4.79 Å². The van der Waals surface area contributed by atoms with Gasteiger partial charge in [-0.15, -0.1) is 0 Å². The summed E-state index contributed by atoms with van der Waals surface area (Å²) in [5, 5.41) is 3.37. The Hall–Kier alpha value is -1.89. The Kier molecular flexibility index (Phi) is 5.84. The molecule has 0 saturated carbocycles. The van der Waals surface area contributed by atoms with Crippen LogP contribution in [0.3, 0.4) is 0 Å². The lowest BCUT2D eigenvalue weighted by atomic mass is 10.1. The van der Waals surface area contributed by atoms with E-state index in [0.717, 1.165) is 11.1 Å². The normalized spacial score (nSPS) is 17.7. The van der Waals surface area contributed by atoms with Crippen LogP contribution in [0.25, 0.3) is 0 Å². The summed E-state index contributed by atoms with van der Waals surface area (Å²) < 4.78 is 28.1. The first-order valence-corrected chi connectivity index (χ1v) is 11.1. The van der Waals surface area contributed by atoms with Crippen LogP contribution < -0.4 is 5.32 Å². The Balaban J connectivity index is 1.89. The Morgan fingerprint density at radius 2 is 1.71 bits per heavy atom. The van der Waals surface area contributed by atoms with E-state index < -0.39 is 16.1 Å². The lowest BCUT2D eigenvalue weighted by molar-refractivity contribution is -0.119. The van der Waals surface area contributed by atoms with Gasteiger partial charge in [0.25, 0.3) is 0 Å². The third-order valence-electron chi connectivity index (χ3n) is 5.12. The molecule has 0 spiro atoms. The number of hydrogen-bond donors (Lipinski definition) is 1. The molecule has 150 valence electrons. The number of nitrogens with zero attached hydrogens (tertiary/aromatic N) is 1. The Morgan fingerprint density at radius 3 is 2.32 bits per heavy atom. The van der Waals surface area contributed by atoms with E-state index in [0.29, 0.717) is 46.1 Å². The monoisotopic (exact) mass is 420 g/mol. The van der Waals surface area contributed by atoms with Crippen molar-refractivity contribution in [3.8, 4) is 0 Å². The largest absolute Gasteiger partial charge is 0.325 e. The second-order valence-corrected chi connectivity index (χ2v) is 9.69. The molecule has 1 saturated heterocycles. The van der Waals surface area contributed by atoms with Gasteiger partial charge in [0.15, 0.2) is 0 Å². The van der Waals surface area contributed by atoms with Crippen LogP contribution in [-0.4, -0.2) is 31.2 Å². The van der Waals surface area contributed by atoms with Crippen molar-refractivity contribution in [1.82, 2.24) is 4.31 Å². The predicted molar refractivity (Wildman–Crippen MR) is 112 cm³/mol. The van der Waals surface area contributed by atoms with Gasteiger partial charge < -0.3 is 5.32 Å². The summed E-state index contributed by atoms with van der Waals surface area (Å²) in [5.41, 5.74) is 3.89. The number of benzene rings is 2. The summed E-state index contributed by atoms with van der Waals surface area (Å²) in [6.07, 6.45) is 1.14. The third-order valence-corrected chi connectivity index (χ3v) is 7.74. The minimum Gasteiger partial charge on any atom is -0.325 e. The zero-order chi connectivity index (χ0) is 20.6. The Bertz CT molecular complexity index is 1010. The van der Waals surface area contributed by atoms with Crippen LogP contribution in [0.1, 0.15) is 35.1 Å². The minimum absolute atomic E-state index is 0.302. The molecule has 0 radical (unpaired) electrons. The molecule has 0 aliphatic carbocycles. The molecule has 1 fully saturated rings. The molecule has 7 heteroatoms. The lowest BCUT2D eigenvalue weighted by Crippen LogP contribution is -2.43. The zero-order valence-corrected chi connectivity index (χ0v) is 18.1. The van der Waals surface area contributed by atoms with Gasteiger partial charge in [0, 0.05) is 17.3 Å². The van der Waals surface area contributed by atoms with Gasteiger partial charge >= 0.3 is 0 Å². The van der Waals surface area contributed by atoms with Crippen molar-refractivity contribution in [1.29, 1.82) is 0 Å². The van der Waals surface area contributed by atoms with Crippen LogP contribution in [0.4, 0.5) is 5.69 Å². The molecule has 3 rings (SSSR count). The van der Waals surface area contributed by atoms with Gasteiger partial charge in [0.1, 0.15) is 6.04 Å². The number of carbonyl (C=O) groups excluding carboxylic acids is 1. The molecule has 1 heterocycles. The van der Waals surface area contributed by atoms with Crippen LogP contribution in [-0.2, 0) is 14.8 Å². The number of amides is 1. The third kappa shape index (κ3) is 3.95. The van der Waals surface area contributed by atoms with Gasteiger partial charge in [-0.1, -0.05) is 35.4 Å². The molecule has 2 aromatic rings. The summed E-state index contributed by atoms with van der Waals surface area (Å²) >= 11 is 6.13. The lowest BCUT2D eigenvalue weighted by Gasteiger charge is -2.25. The summed E-state index contributed by atoms with van der Waals surface area (Å²) in [7, 11) is -3.77. The van der Waals surface area contributed by atoms with Crippen molar-refractivity contribution in [3.63, 3.8) is 0 Å². The summed E-state index contributed by atoms with van der Waals surface area (Å²) in [4.78, 5) is 13.2. The minimum atomic E-state index is -3.77. The van der Waals surface area contributed by atoms with Gasteiger partial charge in [0.05, 0.1) is 4.90 Å². The average molecular weight is 421 g/mol. The molecule has 1 aliphatic heterocycles. The van der Waals surface area contributed by atoms with Crippen LogP contribution in [0.2, 0.25) is 5.02 Å². The van der Waals surface area contributed by atoms with E-state index in [4.69, 9.17) is 11.6 Å². The number of aryl methyl sites for hydroxylation is 4. The van der Waals surface area contributed by atoms with Crippen LogP contribution in [0, 0.1) is 27.7 Å². The van der Waals surface area contributed by atoms with E-state index in [1.165, 1.54) is 4.31 Å². The molecule has 5 nitrogen and oxygen atoms in total. The maximum absolute atomic E-state index is 13.4. The first kappa shape index (κ1) is 20.8. The fraction of sp³-hybridized carbons (Fsp3) is 0.381. The molecule has 0 bridgehead atoms. The Morgan fingerprint density at radius 1 is 1.07 bits per heavy atom. The molecule has 1 aliphatic rings. The smallest absolute Gasteiger partial charge is 0.244 e. The van der Waals surface area contributed by atoms with Crippen molar-refractivity contribution in [2.45, 2.75) is 51.5 Å². The molecule has 1 unspecified atom stereocenters. The van der Waals surface area contributed by atoms with Crippen molar-refractivity contribution in [2.24, 2.45) is 0 Å². The van der Waals surface area contributed by atoms with E-state index in [2.05, 4.69) is 5.32 Å². The van der Waals surface area contributed by atoms with Gasteiger partial charge in [-0.2, -0.15) is 4.31 Å². The predicted octanol–water partition coefficient (Wildman–Crippen LogP) is 4.37. The van der Waals surface area contributed by atoms with Crippen molar-refractivity contribution >= 4 is 33.2 Å². The molecule has 1 atom stereocenters. The standard InChI is InChI=1S/C21H25ClN2O3S/c1-13-10-15(3)20(16(4)11-13)28(26,27)24-9-5-6-19(24)21(25)23-17-8-7-14(2)18(22)12-17/h7-8,10-12,19H,5-6,9H2,1-4H3,(H,23,25). The van der Waals surface area contributed by atoms with Gasteiger partial charge in [-0.25, -0.2) is 8.42 Å².